The fourth-order valence-corrected chi connectivity index (χ4v) is 2.06. The summed E-state index contributed by atoms with van der Waals surface area (Å²) in [7, 11) is 0. The molecule has 0 spiro atoms. The molecule has 1 N–H and O–H groups in total. The van der Waals surface area contributed by atoms with Gasteiger partial charge in [0.25, 0.3) is 0 Å². The largest absolute Gasteiger partial charge is 0.396 e. The first-order chi connectivity index (χ1) is 5.48. The standard InChI is InChI=1S/C10H17NO/c1-9(2,3)10(7-11)6-8(10)4-5-12/h8,12H,4-6H2,1-3H3. The van der Waals surface area contributed by atoms with Crippen LogP contribution in [-0.2, 0) is 0 Å². The maximum absolute atomic E-state index is 9.06. The van der Waals surface area contributed by atoms with Crippen molar-refractivity contribution in [3.63, 3.8) is 0 Å². The lowest BCUT2D eigenvalue weighted by molar-refractivity contribution is 0.225. The van der Waals surface area contributed by atoms with Gasteiger partial charge in [-0.1, -0.05) is 20.8 Å². The number of aliphatic hydroxyl groups excluding tert-OH is 1. The summed E-state index contributed by atoms with van der Waals surface area (Å²) in [5.74, 6) is 0.424. The van der Waals surface area contributed by atoms with Gasteiger partial charge >= 0.3 is 0 Å². The average Bonchev–Trinajstić information content (AvgIpc) is 2.63. The lowest BCUT2D eigenvalue weighted by atomic mass is 9.76. The van der Waals surface area contributed by atoms with Crippen molar-refractivity contribution in [2.24, 2.45) is 16.7 Å². The summed E-state index contributed by atoms with van der Waals surface area (Å²) in [6.45, 7) is 6.53. The van der Waals surface area contributed by atoms with E-state index in [1.165, 1.54) is 0 Å². The van der Waals surface area contributed by atoms with Crippen molar-refractivity contribution >= 4 is 0 Å². The van der Waals surface area contributed by atoms with Gasteiger partial charge in [-0.05, 0) is 24.2 Å². The third-order valence-corrected chi connectivity index (χ3v) is 3.12. The zero-order chi connectivity index (χ0) is 9.41. The van der Waals surface area contributed by atoms with E-state index in [9.17, 15) is 0 Å². The molecule has 2 unspecified atom stereocenters. The highest BCUT2D eigenvalue weighted by Gasteiger charge is 2.61. The summed E-state index contributed by atoms with van der Waals surface area (Å²) < 4.78 is 0. The smallest absolute Gasteiger partial charge is 0.0698 e. The van der Waals surface area contributed by atoms with E-state index >= 15 is 0 Å². The van der Waals surface area contributed by atoms with Crippen LogP contribution >= 0.6 is 0 Å². The molecule has 68 valence electrons. The fraction of sp³-hybridized carbons (Fsp3) is 0.900. The van der Waals surface area contributed by atoms with Crippen molar-refractivity contribution in [1.82, 2.24) is 0 Å². The summed E-state index contributed by atoms with van der Waals surface area (Å²) in [5.41, 5.74) is -0.0999. The quantitative estimate of drug-likeness (QED) is 0.683. The number of aliphatic hydroxyl groups is 1. The maximum atomic E-state index is 9.06. The molecule has 0 saturated heterocycles. The van der Waals surface area contributed by atoms with Gasteiger partial charge in [-0.3, -0.25) is 0 Å². The molecule has 2 nitrogen and oxygen atoms in total. The Morgan fingerprint density at radius 3 is 2.42 bits per heavy atom. The number of nitriles is 1. The summed E-state index contributed by atoms with van der Waals surface area (Å²) in [6.07, 6.45) is 1.75. The topological polar surface area (TPSA) is 44.0 Å². The van der Waals surface area contributed by atoms with Crippen LogP contribution in [0.3, 0.4) is 0 Å². The third kappa shape index (κ3) is 1.23. The highest BCUT2D eigenvalue weighted by molar-refractivity contribution is 5.20. The second kappa shape index (κ2) is 2.74. The van der Waals surface area contributed by atoms with Crippen LogP contribution in [0.5, 0.6) is 0 Å². The molecule has 0 heterocycles. The van der Waals surface area contributed by atoms with Gasteiger partial charge in [-0.15, -0.1) is 0 Å². The van der Waals surface area contributed by atoms with Crippen molar-refractivity contribution in [1.29, 1.82) is 5.26 Å². The van der Waals surface area contributed by atoms with Gasteiger partial charge in [-0.25, -0.2) is 0 Å². The molecule has 2 heteroatoms. The third-order valence-electron chi connectivity index (χ3n) is 3.12. The van der Waals surface area contributed by atoms with E-state index < -0.39 is 0 Å². The molecule has 1 aliphatic rings. The van der Waals surface area contributed by atoms with E-state index in [0.717, 1.165) is 12.8 Å². The van der Waals surface area contributed by atoms with Crippen LogP contribution in [0.2, 0.25) is 0 Å². The van der Waals surface area contributed by atoms with Crippen molar-refractivity contribution in [3.05, 3.63) is 0 Å². The van der Waals surface area contributed by atoms with Crippen molar-refractivity contribution in [2.75, 3.05) is 6.61 Å². The molecule has 0 amide bonds. The summed E-state index contributed by atoms with van der Waals surface area (Å²) in [4.78, 5) is 0. The van der Waals surface area contributed by atoms with E-state index in [4.69, 9.17) is 10.4 Å². The summed E-state index contributed by atoms with van der Waals surface area (Å²) >= 11 is 0. The molecule has 0 aromatic carbocycles. The Balaban J connectivity index is 2.67. The molecule has 2 atom stereocenters. The van der Waals surface area contributed by atoms with Gasteiger partial charge in [0, 0.05) is 6.61 Å². The van der Waals surface area contributed by atoms with E-state index in [2.05, 4.69) is 26.8 Å². The van der Waals surface area contributed by atoms with E-state index in [-0.39, 0.29) is 17.4 Å². The number of hydrogen-bond acceptors (Lipinski definition) is 2. The zero-order valence-corrected chi connectivity index (χ0v) is 8.09. The Kier molecular flexibility index (Phi) is 2.18. The van der Waals surface area contributed by atoms with Gasteiger partial charge in [0.05, 0.1) is 11.5 Å². The van der Waals surface area contributed by atoms with Crippen LogP contribution in [0.4, 0.5) is 0 Å². The predicted molar refractivity (Wildman–Crippen MR) is 47.3 cm³/mol. The Hall–Kier alpha value is -0.550. The molecule has 12 heavy (non-hydrogen) atoms. The molecule has 1 saturated carbocycles. The lowest BCUT2D eigenvalue weighted by Gasteiger charge is -2.25. The van der Waals surface area contributed by atoms with Crippen LogP contribution < -0.4 is 0 Å². The summed E-state index contributed by atoms with van der Waals surface area (Å²) in [6, 6.07) is 2.42. The molecular weight excluding hydrogens is 150 g/mol. The minimum atomic E-state index is -0.157. The van der Waals surface area contributed by atoms with Crippen LogP contribution in [0.15, 0.2) is 0 Å². The SMILES string of the molecule is CC(C)(C)C1(C#N)CC1CCO. The minimum Gasteiger partial charge on any atom is -0.396 e. The molecule has 0 aromatic rings. The second-order valence-electron chi connectivity index (χ2n) is 4.75. The van der Waals surface area contributed by atoms with Crippen LogP contribution in [0.1, 0.15) is 33.6 Å². The first kappa shape index (κ1) is 9.54. The van der Waals surface area contributed by atoms with Gasteiger partial charge < -0.3 is 5.11 Å². The number of hydrogen-bond donors (Lipinski definition) is 1. The molecular formula is C10H17NO. The number of rotatable bonds is 2. The molecule has 0 radical (unpaired) electrons. The van der Waals surface area contributed by atoms with Gasteiger partial charge in [0.1, 0.15) is 0 Å². The molecule has 0 bridgehead atoms. The van der Waals surface area contributed by atoms with E-state index in [1.54, 1.807) is 0 Å². The predicted octanol–water partition coefficient (Wildman–Crippen LogP) is 1.94. The Morgan fingerprint density at radius 2 is 2.17 bits per heavy atom. The zero-order valence-electron chi connectivity index (χ0n) is 8.09. The average molecular weight is 167 g/mol. The van der Waals surface area contributed by atoms with Gasteiger partial charge in [-0.2, -0.15) is 5.26 Å². The highest BCUT2D eigenvalue weighted by Crippen LogP contribution is 2.63. The normalized spacial score (nSPS) is 34.4. The monoisotopic (exact) mass is 167 g/mol. The first-order valence-electron chi connectivity index (χ1n) is 4.50. The Morgan fingerprint density at radius 1 is 1.58 bits per heavy atom. The van der Waals surface area contributed by atoms with Crippen LogP contribution in [0, 0.1) is 28.1 Å². The van der Waals surface area contributed by atoms with Crippen LogP contribution in [0.25, 0.3) is 0 Å². The van der Waals surface area contributed by atoms with Gasteiger partial charge in [0.2, 0.25) is 0 Å². The van der Waals surface area contributed by atoms with Crippen LogP contribution in [-0.4, -0.2) is 11.7 Å². The van der Waals surface area contributed by atoms with Crippen molar-refractivity contribution in [2.45, 2.75) is 33.6 Å². The Labute approximate surface area is 74.2 Å². The second-order valence-corrected chi connectivity index (χ2v) is 4.75. The molecule has 0 aliphatic heterocycles. The van der Waals surface area contributed by atoms with Crippen molar-refractivity contribution in [3.8, 4) is 6.07 Å². The molecule has 1 aliphatic carbocycles. The van der Waals surface area contributed by atoms with E-state index in [0.29, 0.717) is 5.92 Å². The summed E-state index contributed by atoms with van der Waals surface area (Å²) in [5, 5.41) is 17.8. The highest BCUT2D eigenvalue weighted by atomic mass is 16.3. The van der Waals surface area contributed by atoms with E-state index in [1.807, 2.05) is 0 Å². The maximum Gasteiger partial charge on any atom is 0.0698 e. The molecule has 0 aromatic heterocycles. The number of nitrogens with zero attached hydrogens (tertiary/aromatic N) is 1. The fourth-order valence-electron chi connectivity index (χ4n) is 2.06. The first-order valence-corrected chi connectivity index (χ1v) is 4.50. The molecule has 1 fully saturated rings. The molecule has 1 rings (SSSR count). The lowest BCUT2D eigenvalue weighted by Crippen LogP contribution is -2.22. The Bertz CT molecular complexity index is 211. The van der Waals surface area contributed by atoms with Gasteiger partial charge in [0.15, 0.2) is 0 Å². The minimum absolute atomic E-state index is 0.0571. The van der Waals surface area contributed by atoms with Crippen molar-refractivity contribution < 1.29 is 5.11 Å².